The third kappa shape index (κ3) is 8.00. The lowest BCUT2D eigenvalue weighted by atomic mass is 9.98. The van der Waals surface area contributed by atoms with E-state index in [4.69, 9.17) is 0 Å². The Labute approximate surface area is 179 Å². The van der Waals surface area contributed by atoms with E-state index in [2.05, 4.69) is 44.7 Å². The van der Waals surface area contributed by atoms with Crippen molar-refractivity contribution < 1.29 is 4.79 Å². The van der Waals surface area contributed by atoms with Crippen LogP contribution in [0.1, 0.15) is 43.5 Å². The molecule has 0 bridgehead atoms. The molecular weight excluding hydrogens is 455 g/mol. The van der Waals surface area contributed by atoms with Gasteiger partial charge in [0.1, 0.15) is 0 Å². The number of hydrogen-bond acceptors (Lipinski definition) is 4. The van der Waals surface area contributed by atoms with Gasteiger partial charge in [-0.2, -0.15) is 0 Å². The predicted octanol–water partition coefficient (Wildman–Crippen LogP) is 1.86. The average Bonchev–Trinajstić information content (AvgIpc) is 2.68. The number of nitrogens with one attached hydrogen (secondary N) is 3. The van der Waals surface area contributed by atoms with Crippen molar-refractivity contribution in [3.63, 3.8) is 0 Å². The molecule has 2 heterocycles. The van der Waals surface area contributed by atoms with E-state index in [1.165, 1.54) is 32.4 Å². The Bertz CT molecular complexity index is 587. The third-order valence-electron chi connectivity index (χ3n) is 4.75. The molecule has 0 spiro atoms. The van der Waals surface area contributed by atoms with Crippen molar-refractivity contribution in [1.82, 2.24) is 25.8 Å². The molecule has 0 aromatic carbocycles. The van der Waals surface area contributed by atoms with E-state index < -0.39 is 0 Å². The molecule has 8 heteroatoms. The fraction of sp³-hybridized carbons (Fsp3) is 0.632. The number of carbonyl (C=O) groups is 1. The zero-order chi connectivity index (χ0) is 18.8. The first kappa shape index (κ1) is 23.6. The summed E-state index contributed by atoms with van der Waals surface area (Å²) in [6.07, 6.45) is 7.12. The minimum Gasteiger partial charge on any atom is -0.355 e. The number of carbonyl (C=O) groups excluding carboxylic acids is 1. The van der Waals surface area contributed by atoms with Crippen LogP contribution in [0.2, 0.25) is 0 Å². The maximum Gasteiger partial charge on any atom is 0.252 e. The van der Waals surface area contributed by atoms with Gasteiger partial charge in [-0.05, 0) is 51.9 Å². The smallest absolute Gasteiger partial charge is 0.252 e. The number of hydrogen-bond donors (Lipinski definition) is 3. The standard InChI is InChI=1S/C19H32N6O.HI/c1-19(2,25-12-5-4-6-13-25)15-24-18(20-3)23-11-10-22-17(26)16-8-7-9-21-14-16;/h7-9,14H,4-6,10-13,15H2,1-3H3,(H,22,26)(H2,20,23,24);1H. The Morgan fingerprint density at radius 1 is 1.19 bits per heavy atom. The molecule has 0 saturated carbocycles. The van der Waals surface area contributed by atoms with Crippen molar-refractivity contribution in [3.05, 3.63) is 30.1 Å². The van der Waals surface area contributed by atoms with Gasteiger partial charge in [-0.1, -0.05) is 6.42 Å². The van der Waals surface area contributed by atoms with Gasteiger partial charge in [0, 0.05) is 44.6 Å². The van der Waals surface area contributed by atoms with Crippen molar-refractivity contribution >= 4 is 35.8 Å². The highest BCUT2D eigenvalue weighted by atomic mass is 127. The van der Waals surface area contributed by atoms with Crippen LogP contribution in [0.5, 0.6) is 0 Å². The SMILES string of the molecule is CN=C(NCCNC(=O)c1cccnc1)NCC(C)(C)N1CCCCC1.I. The first-order chi connectivity index (χ1) is 12.5. The van der Waals surface area contributed by atoms with E-state index >= 15 is 0 Å². The van der Waals surface area contributed by atoms with E-state index in [-0.39, 0.29) is 35.4 Å². The zero-order valence-electron chi connectivity index (χ0n) is 16.6. The van der Waals surface area contributed by atoms with Gasteiger partial charge in [0.05, 0.1) is 5.56 Å². The molecule has 0 unspecified atom stereocenters. The summed E-state index contributed by atoms with van der Waals surface area (Å²) in [4.78, 5) is 22.7. The number of rotatable bonds is 7. The van der Waals surface area contributed by atoms with E-state index in [9.17, 15) is 4.79 Å². The lowest BCUT2D eigenvalue weighted by Crippen LogP contribution is -2.55. The van der Waals surface area contributed by atoms with E-state index in [1.54, 1.807) is 31.6 Å². The highest BCUT2D eigenvalue weighted by molar-refractivity contribution is 14.0. The molecule has 1 aromatic heterocycles. The summed E-state index contributed by atoms with van der Waals surface area (Å²) in [5.74, 6) is 0.639. The highest BCUT2D eigenvalue weighted by Crippen LogP contribution is 2.19. The van der Waals surface area contributed by atoms with Gasteiger partial charge in [0.25, 0.3) is 5.91 Å². The maximum atomic E-state index is 12.0. The van der Waals surface area contributed by atoms with Gasteiger partial charge < -0.3 is 16.0 Å². The first-order valence-electron chi connectivity index (χ1n) is 9.41. The lowest BCUT2D eigenvalue weighted by molar-refractivity contribution is 0.0954. The molecule has 1 saturated heterocycles. The van der Waals surface area contributed by atoms with Crippen LogP contribution in [0.15, 0.2) is 29.5 Å². The summed E-state index contributed by atoms with van der Waals surface area (Å²) in [5, 5.41) is 9.51. The molecule has 1 aliphatic heterocycles. The van der Waals surface area contributed by atoms with E-state index in [1.807, 2.05) is 0 Å². The molecule has 27 heavy (non-hydrogen) atoms. The average molecular weight is 488 g/mol. The van der Waals surface area contributed by atoms with Crippen LogP contribution in [0.3, 0.4) is 0 Å². The Kier molecular flexibility index (Phi) is 10.6. The van der Waals surface area contributed by atoms with Crippen LogP contribution in [0.25, 0.3) is 0 Å². The summed E-state index contributed by atoms with van der Waals surface area (Å²) >= 11 is 0. The van der Waals surface area contributed by atoms with Gasteiger partial charge in [-0.25, -0.2) is 0 Å². The van der Waals surface area contributed by atoms with Gasteiger partial charge in [0.15, 0.2) is 5.96 Å². The molecular formula is C19H33IN6O. The highest BCUT2D eigenvalue weighted by Gasteiger charge is 2.27. The number of piperidine rings is 1. The minimum atomic E-state index is -0.117. The molecule has 1 aromatic rings. The van der Waals surface area contributed by atoms with Crippen molar-refractivity contribution in [2.24, 2.45) is 4.99 Å². The number of amides is 1. The summed E-state index contributed by atoms with van der Waals surface area (Å²) in [5.41, 5.74) is 0.658. The number of aliphatic imine (C=N–C) groups is 1. The van der Waals surface area contributed by atoms with Crippen LogP contribution in [0, 0.1) is 0 Å². The van der Waals surface area contributed by atoms with E-state index in [0.717, 1.165) is 12.5 Å². The largest absolute Gasteiger partial charge is 0.355 e. The molecule has 7 nitrogen and oxygen atoms in total. The molecule has 2 rings (SSSR count). The number of pyridine rings is 1. The van der Waals surface area contributed by atoms with Crippen molar-refractivity contribution in [2.75, 3.05) is 39.8 Å². The fourth-order valence-corrected chi connectivity index (χ4v) is 3.09. The number of aromatic nitrogens is 1. The molecule has 0 aliphatic carbocycles. The predicted molar refractivity (Wildman–Crippen MR) is 121 cm³/mol. The normalized spacial score (nSPS) is 15.6. The van der Waals surface area contributed by atoms with Gasteiger partial charge in [-0.3, -0.25) is 19.7 Å². The van der Waals surface area contributed by atoms with Crippen molar-refractivity contribution in [3.8, 4) is 0 Å². The Hall–Kier alpha value is -1.42. The molecule has 1 amide bonds. The summed E-state index contributed by atoms with van der Waals surface area (Å²) < 4.78 is 0. The first-order valence-corrected chi connectivity index (χ1v) is 9.41. The molecule has 0 radical (unpaired) electrons. The molecule has 3 N–H and O–H groups in total. The van der Waals surface area contributed by atoms with Crippen molar-refractivity contribution in [2.45, 2.75) is 38.6 Å². The third-order valence-corrected chi connectivity index (χ3v) is 4.75. The number of likely N-dealkylation sites (tertiary alicyclic amines) is 1. The van der Waals surface area contributed by atoms with Gasteiger partial charge in [0.2, 0.25) is 0 Å². The topological polar surface area (TPSA) is 81.6 Å². The fourth-order valence-electron chi connectivity index (χ4n) is 3.09. The van der Waals surface area contributed by atoms with Crippen LogP contribution < -0.4 is 16.0 Å². The lowest BCUT2D eigenvalue weighted by Gasteiger charge is -2.41. The summed E-state index contributed by atoms with van der Waals surface area (Å²) in [6, 6.07) is 3.50. The second-order valence-electron chi connectivity index (χ2n) is 7.21. The summed E-state index contributed by atoms with van der Waals surface area (Å²) in [7, 11) is 1.76. The van der Waals surface area contributed by atoms with Crippen LogP contribution >= 0.6 is 24.0 Å². The quantitative estimate of drug-likeness (QED) is 0.236. The van der Waals surface area contributed by atoms with Gasteiger partial charge in [-0.15, -0.1) is 24.0 Å². The Balaban J connectivity index is 0.00000364. The second-order valence-corrected chi connectivity index (χ2v) is 7.21. The zero-order valence-corrected chi connectivity index (χ0v) is 19.0. The maximum absolute atomic E-state index is 12.0. The summed E-state index contributed by atoms with van der Waals surface area (Å²) in [6.45, 7) is 8.83. The number of guanidine groups is 1. The monoisotopic (exact) mass is 488 g/mol. The van der Waals surface area contributed by atoms with Crippen LogP contribution in [-0.4, -0.2) is 67.1 Å². The Morgan fingerprint density at radius 2 is 1.89 bits per heavy atom. The molecule has 0 atom stereocenters. The van der Waals surface area contributed by atoms with E-state index in [0.29, 0.717) is 18.7 Å². The van der Waals surface area contributed by atoms with Crippen molar-refractivity contribution in [1.29, 1.82) is 0 Å². The van der Waals surface area contributed by atoms with Crippen LogP contribution in [0.4, 0.5) is 0 Å². The minimum absolute atomic E-state index is 0. The molecule has 1 aliphatic rings. The number of nitrogens with zero attached hydrogens (tertiary/aromatic N) is 3. The molecule has 152 valence electrons. The second kappa shape index (κ2) is 12.1. The van der Waals surface area contributed by atoms with Gasteiger partial charge >= 0.3 is 0 Å². The molecule has 1 fully saturated rings. The van der Waals surface area contributed by atoms with Crippen LogP contribution in [-0.2, 0) is 0 Å². The number of halogens is 1. The Morgan fingerprint density at radius 3 is 2.52 bits per heavy atom.